The number of carbonyl (C=O) groups is 1. The quantitative estimate of drug-likeness (QED) is 0.413. The molecule has 38 heavy (non-hydrogen) atoms. The number of benzene rings is 3. The predicted octanol–water partition coefficient (Wildman–Crippen LogP) is 3.13. The highest BCUT2D eigenvalue weighted by molar-refractivity contribution is 7.92. The lowest BCUT2D eigenvalue weighted by Gasteiger charge is -2.25. The smallest absolute Gasteiger partial charge is 0.264 e. The maximum Gasteiger partial charge on any atom is 0.264 e. The molecule has 0 fully saturated rings. The van der Waals surface area contributed by atoms with Crippen LogP contribution in [0.2, 0.25) is 0 Å². The molecule has 0 aliphatic carbocycles. The van der Waals surface area contributed by atoms with Crippen LogP contribution in [-0.2, 0) is 21.4 Å². The van der Waals surface area contributed by atoms with Gasteiger partial charge in [-0.1, -0.05) is 0 Å². The molecule has 0 unspecified atom stereocenters. The van der Waals surface area contributed by atoms with Crippen LogP contribution in [0.5, 0.6) is 28.7 Å². The largest absolute Gasteiger partial charge is 0.493 e. The zero-order chi connectivity index (χ0) is 27.3. The minimum absolute atomic E-state index is 0.0525. The van der Waals surface area contributed by atoms with Gasteiger partial charge in [-0.05, 0) is 54.1 Å². The molecule has 0 saturated carbocycles. The van der Waals surface area contributed by atoms with E-state index in [2.05, 4.69) is 5.32 Å². The maximum atomic E-state index is 13.7. The Morgan fingerprint density at radius 2 is 1.55 bits per heavy atom. The number of halogens is 1. The number of hydrogen-bond donors (Lipinski definition) is 1. The number of methoxy groups -OCH3 is 3. The molecule has 1 amide bonds. The summed E-state index contributed by atoms with van der Waals surface area (Å²) in [6, 6.07) is 12.4. The standard InChI is InChI=1S/C26H27FN2O8S/c1-33-23-12-17(13-24(34-2)26(23)35-3)15-28-25(30)16-29(19-6-4-18(27)5-7-19)38(31,32)20-8-9-21-22(14-20)37-11-10-36-21/h4-9,12-14H,10-11,15-16H2,1-3H3,(H,28,30). The van der Waals surface area contributed by atoms with Gasteiger partial charge < -0.3 is 29.0 Å². The summed E-state index contributed by atoms with van der Waals surface area (Å²) in [5.74, 6) is 0.782. The molecular formula is C26H27FN2O8S. The van der Waals surface area contributed by atoms with E-state index >= 15 is 0 Å². The molecule has 202 valence electrons. The first-order valence-corrected chi connectivity index (χ1v) is 12.9. The second kappa shape index (κ2) is 11.5. The summed E-state index contributed by atoms with van der Waals surface area (Å²) in [6.07, 6.45) is 0. The summed E-state index contributed by atoms with van der Waals surface area (Å²) < 4.78 is 68.8. The molecule has 0 spiro atoms. The van der Waals surface area contributed by atoms with Crippen molar-refractivity contribution < 1.29 is 41.3 Å². The van der Waals surface area contributed by atoms with E-state index in [0.29, 0.717) is 35.2 Å². The molecule has 1 N–H and O–H groups in total. The molecule has 1 heterocycles. The minimum atomic E-state index is -4.25. The van der Waals surface area contributed by atoms with E-state index < -0.39 is 28.3 Å². The molecule has 0 bridgehead atoms. The molecule has 12 heteroatoms. The number of fused-ring (bicyclic) bond motifs is 1. The number of amides is 1. The van der Waals surface area contributed by atoms with Gasteiger partial charge in [0.1, 0.15) is 25.6 Å². The van der Waals surface area contributed by atoms with Crippen molar-refractivity contribution in [2.24, 2.45) is 0 Å². The van der Waals surface area contributed by atoms with E-state index in [1.54, 1.807) is 12.1 Å². The fourth-order valence-electron chi connectivity index (χ4n) is 3.86. The number of nitrogens with zero attached hydrogens (tertiary/aromatic N) is 1. The van der Waals surface area contributed by atoms with Gasteiger partial charge in [0.15, 0.2) is 23.0 Å². The highest BCUT2D eigenvalue weighted by Gasteiger charge is 2.29. The third kappa shape index (κ3) is 5.70. The topological polar surface area (TPSA) is 113 Å². The Morgan fingerprint density at radius 3 is 2.16 bits per heavy atom. The van der Waals surface area contributed by atoms with Crippen molar-refractivity contribution in [2.75, 3.05) is 45.4 Å². The number of hydrogen-bond acceptors (Lipinski definition) is 8. The molecule has 1 aliphatic rings. The Hall–Kier alpha value is -4.19. The van der Waals surface area contributed by atoms with E-state index in [0.717, 1.165) is 16.4 Å². The van der Waals surface area contributed by atoms with Gasteiger partial charge in [-0.2, -0.15) is 0 Å². The van der Waals surface area contributed by atoms with Crippen LogP contribution in [0.15, 0.2) is 59.5 Å². The molecule has 3 aromatic rings. The van der Waals surface area contributed by atoms with Crippen molar-refractivity contribution in [3.8, 4) is 28.7 Å². The first-order chi connectivity index (χ1) is 18.3. The molecule has 4 rings (SSSR count). The number of anilines is 1. The van der Waals surface area contributed by atoms with E-state index in [4.69, 9.17) is 23.7 Å². The predicted molar refractivity (Wildman–Crippen MR) is 136 cm³/mol. The Labute approximate surface area is 219 Å². The molecule has 0 radical (unpaired) electrons. The molecule has 10 nitrogen and oxygen atoms in total. The number of nitrogens with one attached hydrogen (secondary N) is 1. The zero-order valence-corrected chi connectivity index (χ0v) is 21.8. The summed E-state index contributed by atoms with van der Waals surface area (Å²) in [7, 11) is 0.180. The average Bonchev–Trinajstić information content (AvgIpc) is 2.94. The highest BCUT2D eigenvalue weighted by atomic mass is 32.2. The van der Waals surface area contributed by atoms with Crippen LogP contribution in [0.25, 0.3) is 0 Å². The molecule has 3 aromatic carbocycles. The number of sulfonamides is 1. The number of carbonyl (C=O) groups excluding carboxylic acids is 1. The Kier molecular flexibility index (Phi) is 8.10. The Balaban J connectivity index is 1.59. The van der Waals surface area contributed by atoms with Gasteiger partial charge in [0.25, 0.3) is 10.0 Å². The van der Waals surface area contributed by atoms with Crippen LogP contribution in [0.3, 0.4) is 0 Å². The lowest BCUT2D eigenvalue weighted by Crippen LogP contribution is -2.40. The van der Waals surface area contributed by atoms with Crippen molar-refractivity contribution in [1.29, 1.82) is 0 Å². The van der Waals surface area contributed by atoms with E-state index in [-0.39, 0.29) is 29.5 Å². The third-order valence-corrected chi connectivity index (χ3v) is 7.49. The molecule has 1 aliphatic heterocycles. The van der Waals surface area contributed by atoms with Crippen molar-refractivity contribution in [1.82, 2.24) is 5.32 Å². The maximum absolute atomic E-state index is 13.7. The van der Waals surface area contributed by atoms with E-state index in [1.807, 2.05) is 0 Å². The fraction of sp³-hybridized carbons (Fsp3) is 0.269. The van der Waals surface area contributed by atoms with Crippen LogP contribution in [0.1, 0.15) is 5.56 Å². The zero-order valence-electron chi connectivity index (χ0n) is 21.0. The van der Waals surface area contributed by atoms with Crippen LogP contribution in [-0.4, -0.2) is 55.4 Å². The summed E-state index contributed by atoms with van der Waals surface area (Å²) in [5.41, 5.74) is 0.750. The van der Waals surface area contributed by atoms with Crippen molar-refractivity contribution in [3.63, 3.8) is 0 Å². The normalized spacial score (nSPS) is 12.4. The molecule has 0 aromatic heterocycles. The van der Waals surface area contributed by atoms with Gasteiger partial charge in [0.05, 0.1) is 31.9 Å². The first-order valence-electron chi connectivity index (χ1n) is 11.5. The van der Waals surface area contributed by atoms with Crippen LogP contribution in [0.4, 0.5) is 10.1 Å². The SMILES string of the molecule is COc1cc(CNC(=O)CN(c2ccc(F)cc2)S(=O)(=O)c2ccc3c(c2)OCCO3)cc(OC)c1OC. The van der Waals surface area contributed by atoms with Gasteiger partial charge in [0.2, 0.25) is 11.7 Å². The monoisotopic (exact) mass is 546 g/mol. The summed E-state index contributed by atoms with van der Waals surface area (Å²) in [4.78, 5) is 12.9. The Bertz CT molecular complexity index is 1390. The van der Waals surface area contributed by atoms with E-state index in [1.165, 1.54) is 51.7 Å². The van der Waals surface area contributed by atoms with Gasteiger partial charge in [-0.3, -0.25) is 9.10 Å². The van der Waals surface area contributed by atoms with Crippen molar-refractivity contribution in [2.45, 2.75) is 11.4 Å². The van der Waals surface area contributed by atoms with Crippen molar-refractivity contribution in [3.05, 3.63) is 66.0 Å². The second-order valence-electron chi connectivity index (χ2n) is 8.10. The molecule has 0 saturated heterocycles. The van der Waals surface area contributed by atoms with Crippen LogP contribution < -0.4 is 33.3 Å². The van der Waals surface area contributed by atoms with Gasteiger partial charge in [0, 0.05) is 12.6 Å². The highest BCUT2D eigenvalue weighted by Crippen LogP contribution is 2.38. The average molecular weight is 547 g/mol. The van der Waals surface area contributed by atoms with E-state index in [9.17, 15) is 17.6 Å². The number of rotatable bonds is 10. The second-order valence-corrected chi connectivity index (χ2v) is 9.97. The number of ether oxygens (including phenoxy) is 5. The van der Waals surface area contributed by atoms with Crippen LogP contribution in [0, 0.1) is 5.82 Å². The van der Waals surface area contributed by atoms with Crippen LogP contribution >= 0.6 is 0 Å². The minimum Gasteiger partial charge on any atom is -0.493 e. The Morgan fingerprint density at radius 1 is 0.921 bits per heavy atom. The fourth-order valence-corrected chi connectivity index (χ4v) is 5.30. The summed E-state index contributed by atoms with van der Waals surface area (Å²) in [5, 5.41) is 2.71. The summed E-state index contributed by atoms with van der Waals surface area (Å²) >= 11 is 0. The lowest BCUT2D eigenvalue weighted by molar-refractivity contribution is -0.119. The third-order valence-electron chi connectivity index (χ3n) is 5.72. The molecule has 0 atom stereocenters. The van der Waals surface area contributed by atoms with Crippen molar-refractivity contribution >= 4 is 21.6 Å². The van der Waals surface area contributed by atoms with Gasteiger partial charge in [-0.25, -0.2) is 12.8 Å². The lowest BCUT2D eigenvalue weighted by atomic mass is 10.1. The van der Waals surface area contributed by atoms with Gasteiger partial charge >= 0.3 is 0 Å². The summed E-state index contributed by atoms with van der Waals surface area (Å²) in [6.45, 7) is 0.123. The first kappa shape index (κ1) is 26.9. The molecular weight excluding hydrogens is 519 g/mol. The van der Waals surface area contributed by atoms with Gasteiger partial charge in [-0.15, -0.1) is 0 Å².